The van der Waals surface area contributed by atoms with Crippen molar-refractivity contribution >= 4 is 38.4 Å². The highest BCUT2D eigenvalue weighted by atomic mass is 32.2. The number of aliphatic imine (C=N–C) groups is 1. The number of hydrogen-bond donors (Lipinski definition) is 2. The van der Waals surface area contributed by atoms with Crippen molar-refractivity contribution in [1.29, 1.82) is 0 Å². The molecule has 0 radical (unpaired) electrons. The minimum absolute atomic E-state index is 0.206. The maximum atomic E-state index is 12.2. The van der Waals surface area contributed by atoms with Crippen molar-refractivity contribution in [3.05, 3.63) is 69.8 Å². The quantitative estimate of drug-likeness (QED) is 0.541. The van der Waals surface area contributed by atoms with Crippen LogP contribution in [0.15, 0.2) is 58.4 Å². The standard InChI is InChI=1S/C17H16N4O5S2/c1-11-2-4-12(5-3-11)17-18-15(10-27-17)16(22)19-20-28(25,26)14-8-6-13(7-9-14)21(23)24/h2-9,15,20H,10H2,1H3,(H,19,22)/t15-/m0/s1. The molecule has 28 heavy (non-hydrogen) atoms. The number of rotatable bonds is 6. The van der Waals surface area contributed by atoms with Crippen molar-refractivity contribution in [3.8, 4) is 0 Å². The Morgan fingerprint density at radius 3 is 2.43 bits per heavy atom. The van der Waals surface area contributed by atoms with Crippen LogP contribution < -0.4 is 10.3 Å². The molecule has 2 aromatic rings. The van der Waals surface area contributed by atoms with Crippen LogP contribution in [-0.2, 0) is 14.8 Å². The van der Waals surface area contributed by atoms with Gasteiger partial charge in [0.2, 0.25) is 0 Å². The van der Waals surface area contributed by atoms with E-state index in [-0.39, 0.29) is 10.6 Å². The van der Waals surface area contributed by atoms with Gasteiger partial charge in [0, 0.05) is 23.4 Å². The summed E-state index contributed by atoms with van der Waals surface area (Å²) in [4.78, 5) is 28.4. The molecule has 0 fully saturated rings. The monoisotopic (exact) mass is 420 g/mol. The summed E-state index contributed by atoms with van der Waals surface area (Å²) in [7, 11) is -4.06. The summed E-state index contributed by atoms with van der Waals surface area (Å²) in [6.07, 6.45) is 0. The van der Waals surface area contributed by atoms with Crippen LogP contribution in [-0.4, -0.2) is 36.1 Å². The van der Waals surface area contributed by atoms with E-state index in [1.54, 1.807) is 0 Å². The molecular formula is C17H16N4O5S2. The average molecular weight is 420 g/mol. The Balaban J connectivity index is 1.63. The third-order valence-electron chi connectivity index (χ3n) is 3.92. The molecule has 0 spiro atoms. The highest BCUT2D eigenvalue weighted by Crippen LogP contribution is 2.24. The van der Waals surface area contributed by atoms with E-state index in [4.69, 9.17) is 0 Å². The summed E-state index contributed by atoms with van der Waals surface area (Å²) in [6.45, 7) is 1.97. The number of nitro groups is 1. The number of sulfonamides is 1. The lowest BCUT2D eigenvalue weighted by atomic mass is 10.2. The smallest absolute Gasteiger partial charge is 0.269 e. The van der Waals surface area contributed by atoms with Crippen molar-refractivity contribution < 1.29 is 18.1 Å². The zero-order valence-electron chi connectivity index (χ0n) is 14.7. The van der Waals surface area contributed by atoms with E-state index in [2.05, 4.69) is 10.4 Å². The van der Waals surface area contributed by atoms with E-state index in [0.29, 0.717) is 5.75 Å². The number of carbonyl (C=O) groups is 1. The lowest BCUT2D eigenvalue weighted by molar-refractivity contribution is -0.384. The fourth-order valence-corrected chi connectivity index (χ4v) is 4.26. The van der Waals surface area contributed by atoms with E-state index in [0.717, 1.165) is 40.4 Å². The lowest BCUT2D eigenvalue weighted by Crippen LogP contribution is -2.46. The predicted molar refractivity (Wildman–Crippen MR) is 106 cm³/mol. The Morgan fingerprint density at radius 2 is 1.82 bits per heavy atom. The minimum atomic E-state index is -4.06. The maximum absolute atomic E-state index is 12.2. The molecule has 3 rings (SSSR count). The molecule has 11 heteroatoms. The van der Waals surface area contributed by atoms with Gasteiger partial charge in [0.25, 0.3) is 21.6 Å². The predicted octanol–water partition coefficient (Wildman–Crippen LogP) is 1.77. The number of nitro benzene ring substituents is 1. The molecule has 0 aromatic heterocycles. The first-order valence-electron chi connectivity index (χ1n) is 8.10. The Morgan fingerprint density at radius 1 is 1.18 bits per heavy atom. The second-order valence-electron chi connectivity index (χ2n) is 5.97. The van der Waals surface area contributed by atoms with Gasteiger partial charge in [0.1, 0.15) is 6.04 Å². The van der Waals surface area contributed by atoms with Gasteiger partial charge in [-0.15, -0.1) is 16.6 Å². The van der Waals surface area contributed by atoms with Gasteiger partial charge in [-0.2, -0.15) is 0 Å². The Hall–Kier alpha value is -2.76. The van der Waals surface area contributed by atoms with Gasteiger partial charge in [-0.1, -0.05) is 29.8 Å². The fourth-order valence-electron chi connectivity index (χ4n) is 2.37. The normalized spacial score (nSPS) is 16.5. The number of hydrogen-bond acceptors (Lipinski definition) is 7. The zero-order chi connectivity index (χ0) is 20.3. The van der Waals surface area contributed by atoms with Gasteiger partial charge in [-0.3, -0.25) is 25.3 Å². The number of nitrogens with zero attached hydrogens (tertiary/aromatic N) is 2. The van der Waals surface area contributed by atoms with Crippen LogP contribution >= 0.6 is 11.8 Å². The highest BCUT2D eigenvalue weighted by Gasteiger charge is 2.27. The minimum Gasteiger partial charge on any atom is -0.276 e. The summed E-state index contributed by atoms with van der Waals surface area (Å²) in [5.41, 5.74) is 3.93. The Labute approximate surface area is 165 Å². The van der Waals surface area contributed by atoms with Crippen LogP contribution in [0.5, 0.6) is 0 Å². The van der Waals surface area contributed by atoms with E-state index >= 15 is 0 Å². The number of hydrazine groups is 1. The molecular weight excluding hydrogens is 404 g/mol. The number of benzene rings is 2. The van der Waals surface area contributed by atoms with Crippen LogP contribution in [0, 0.1) is 17.0 Å². The van der Waals surface area contributed by atoms with Gasteiger partial charge in [0.15, 0.2) is 0 Å². The molecule has 9 nitrogen and oxygen atoms in total. The summed E-state index contributed by atoms with van der Waals surface area (Å²) < 4.78 is 24.4. The Bertz CT molecular complexity index is 1030. The topological polar surface area (TPSA) is 131 Å². The third-order valence-corrected chi connectivity index (χ3v) is 6.28. The largest absolute Gasteiger partial charge is 0.276 e. The SMILES string of the molecule is Cc1ccc(C2=N[C@H](C(=O)NNS(=O)(=O)c3ccc([N+](=O)[O-])cc3)CS2)cc1. The van der Waals surface area contributed by atoms with Gasteiger partial charge in [-0.25, -0.2) is 8.42 Å². The van der Waals surface area contributed by atoms with Crippen LogP contribution in [0.4, 0.5) is 5.69 Å². The average Bonchev–Trinajstić information content (AvgIpc) is 3.17. The van der Waals surface area contributed by atoms with Crippen LogP contribution in [0.3, 0.4) is 0 Å². The summed E-state index contributed by atoms with van der Waals surface area (Å²) in [5, 5.41) is 11.4. The van der Waals surface area contributed by atoms with E-state index in [9.17, 15) is 23.3 Å². The van der Waals surface area contributed by atoms with Crippen LogP contribution in [0.2, 0.25) is 0 Å². The molecule has 2 aromatic carbocycles. The second kappa shape index (κ2) is 8.09. The van der Waals surface area contributed by atoms with Gasteiger partial charge < -0.3 is 0 Å². The molecule has 1 aliphatic rings. The highest BCUT2D eigenvalue weighted by molar-refractivity contribution is 8.14. The molecule has 0 aliphatic carbocycles. The molecule has 0 saturated heterocycles. The first-order chi connectivity index (χ1) is 13.3. The molecule has 1 atom stereocenters. The van der Waals surface area contributed by atoms with E-state index in [1.165, 1.54) is 11.8 Å². The fraction of sp³-hybridized carbons (Fsp3) is 0.176. The van der Waals surface area contributed by atoms with E-state index < -0.39 is 26.9 Å². The lowest BCUT2D eigenvalue weighted by Gasteiger charge is -2.10. The number of carbonyl (C=O) groups excluding carboxylic acids is 1. The molecule has 1 heterocycles. The number of nitrogens with one attached hydrogen (secondary N) is 2. The molecule has 1 amide bonds. The van der Waals surface area contributed by atoms with Crippen molar-refractivity contribution in [1.82, 2.24) is 10.3 Å². The number of non-ortho nitro benzene ring substituents is 1. The first-order valence-corrected chi connectivity index (χ1v) is 10.6. The van der Waals surface area contributed by atoms with Gasteiger partial charge >= 0.3 is 0 Å². The zero-order valence-corrected chi connectivity index (χ0v) is 16.3. The van der Waals surface area contributed by atoms with Gasteiger partial charge in [0.05, 0.1) is 14.9 Å². The van der Waals surface area contributed by atoms with Crippen molar-refractivity contribution in [3.63, 3.8) is 0 Å². The molecule has 0 unspecified atom stereocenters. The van der Waals surface area contributed by atoms with E-state index in [1.807, 2.05) is 36.0 Å². The first kappa shape index (κ1) is 20.0. The van der Waals surface area contributed by atoms with Crippen molar-refractivity contribution in [2.45, 2.75) is 17.9 Å². The third kappa shape index (κ3) is 4.55. The van der Waals surface area contributed by atoms with Crippen LogP contribution in [0.25, 0.3) is 0 Å². The molecule has 2 N–H and O–H groups in total. The second-order valence-corrected chi connectivity index (χ2v) is 8.66. The van der Waals surface area contributed by atoms with Crippen molar-refractivity contribution in [2.24, 2.45) is 4.99 Å². The number of amides is 1. The van der Waals surface area contributed by atoms with Crippen molar-refractivity contribution in [2.75, 3.05) is 5.75 Å². The molecule has 0 saturated carbocycles. The maximum Gasteiger partial charge on any atom is 0.269 e. The summed E-state index contributed by atoms with van der Waals surface area (Å²) in [6, 6.07) is 11.3. The van der Waals surface area contributed by atoms with Gasteiger partial charge in [-0.05, 0) is 19.1 Å². The molecule has 146 valence electrons. The molecule has 1 aliphatic heterocycles. The molecule has 0 bridgehead atoms. The van der Waals surface area contributed by atoms with Crippen LogP contribution in [0.1, 0.15) is 11.1 Å². The number of thioether (sulfide) groups is 1. The summed E-state index contributed by atoms with van der Waals surface area (Å²) in [5.74, 6) is -0.186. The Kier molecular flexibility index (Phi) is 5.77. The number of aryl methyl sites for hydroxylation is 1. The summed E-state index contributed by atoms with van der Waals surface area (Å²) >= 11 is 1.42.